The number of hydrogen-bond donors (Lipinski definition) is 2. The minimum absolute atomic E-state index is 0.0150. The van der Waals surface area contributed by atoms with E-state index in [0.717, 1.165) is 25.7 Å². The summed E-state index contributed by atoms with van der Waals surface area (Å²) in [5.74, 6) is -1.65. The molecule has 34 heavy (non-hydrogen) atoms. The number of carbonyl (C=O) groups excluding carboxylic acids is 3. The summed E-state index contributed by atoms with van der Waals surface area (Å²) in [5, 5.41) is 12.4. The third-order valence-electron chi connectivity index (χ3n) is 5.84. The minimum Gasteiger partial charge on any atom is -0.477 e. The molecule has 0 bridgehead atoms. The summed E-state index contributed by atoms with van der Waals surface area (Å²) in [6.07, 6.45) is 3.48. The van der Waals surface area contributed by atoms with Crippen LogP contribution in [0.2, 0.25) is 0 Å². The van der Waals surface area contributed by atoms with E-state index >= 15 is 0 Å². The summed E-state index contributed by atoms with van der Waals surface area (Å²) in [5.41, 5.74) is 1.07. The number of rotatable bonds is 5. The van der Waals surface area contributed by atoms with Crippen LogP contribution in [0.3, 0.4) is 0 Å². The lowest BCUT2D eigenvalue weighted by Crippen LogP contribution is -2.71. The quantitative estimate of drug-likeness (QED) is 0.588. The molecule has 1 aromatic rings. The zero-order chi connectivity index (χ0) is 24.8. The van der Waals surface area contributed by atoms with Gasteiger partial charge in [-0.1, -0.05) is 0 Å². The average Bonchev–Trinajstić information content (AvgIpc) is 3.18. The van der Waals surface area contributed by atoms with Crippen LogP contribution in [-0.4, -0.2) is 63.2 Å². The summed E-state index contributed by atoms with van der Waals surface area (Å²) < 4.78 is 5.55. The van der Waals surface area contributed by atoms with Crippen molar-refractivity contribution in [1.29, 1.82) is 0 Å². The number of carboxylic acids is 1. The van der Waals surface area contributed by atoms with Crippen LogP contribution in [0.1, 0.15) is 51.0 Å². The van der Waals surface area contributed by atoms with Crippen molar-refractivity contribution in [3.63, 3.8) is 0 Å². The fraction of sp³-hybridized carbons (Fsp3) is 0.565. The van der Waals surface area contributed by atoms with E-state index in [1.807, 2.05) is 6.07 Å². The molecule has 0 spiro atoms. The number of anilines is 1. The van der Waals surface area contributed by atoms with Crippen molar-refractivity contribution < 1.29 is 29.0 Å². The highest BCUT2D eigenvalue weighted by Gasteiger charge is 2.53. The highest BCUT2D eigenvalue weighted by Crippen LogP contribution is 2.40. The highest BCUT2D eigenvalue weighted by molar-refractivity contribution is 8.00. The predicted molar refractivity (Wildman–Crippen MR) is 130 cm³/mol. The zero-order valence-electron chi connectivity index (χ0n) is 19.7. The second-order valence-corrected chi connectivity index (χ2v) is 11.9. The number of hydrogen-bond acceptors (Lipinski definition) is 7. The molecule has 184 valence electrons. The molecule has 3 heterocycles. The molecule has 1 saturated heterocycles. The molecule has 2 N–H and O–H groups in total. The van der Waals surface area contributed by atoms with Crippen molar-refractivity contribution in [2.45, 2.75) is 70.4 Å². The number of carbonyl (C=O) groups is 4. The average molecular weight is 508 g/mol. The van der Waals surface area contributed by atoms with E-state index in [-0.39, 0.29) is 12.2 Å². The van der Waals surface area contributed by atoms with Gasteiger partial charge in [0.25, 0.3) is 5.91 Å². The van der Waals surface area contributed by atoms with Crippen LogP contribution >= 0.6 is 23.1 Å². The molecule has 4 rings (SSSR count). The summed E-state index contributed by atoms with van der Waals surface area (Å²) in [6, 6.07) is 1.12. The molecule has 2 aliphatic heterocycles. The van der Waals surface area contributed by atoms with Crippen LogP contribution in [0.5, 0.6) is 0 Å². The predicted octanol–water partition coefficient (Wildman–Crippen LogP) is 3.13. The van der Waals surface area contributed by atoms with E-state index in [4.69, 9.17) is 4.74 Å². The monoisotopic (exact) mass is 507 g/mol. The number of amides is 3. The molecule has 1 unspecified atom stereocenters. The van der Waals surface area contributed by atoms with E-state index in [0.29, 0.717) is 16.3 Å². The van der Waals surface area contributed by atoms with Gasteiger partial charge in [0.15, 0.2) is 0 Å². The number of β-lactam (4-membered cyclic amide) rings is 1. The van der Waals surface area contributed by atoms with Crippen LogP contribution in [-0.2, 0) is 32.0 Å². The van der Waals surface area contributed by atoms with Crippen molar-refractivity contribution in [3.8, 4) is 0 Å². The lowest BCUT2D eigenvalue weighted by Gasteiger charge is -2.49. The molecule has 0 aromatic carbocycles. The molecule has 3 aliphatic rings. The van der Waals surface area contributed by atoms with Gasteiger partial charge in [0, 0.05) is 10.6 Å². The fourth-order valence-corrected chi connectivity index (χ4v) is 6.83. The molecule has 2 atom stereocenters. The Labute approximate surface area is 206 Å². The standard InChI is InChI=1S/C23H29N3O6S2/c1-12-11-33-20-17(19(28)26(20)18(12)21(29)30)24-15(27)10-25(22(31)32-23(2,3)4)16-9-13-7-5-6-8-14(13)34-16/h9,17,20H,5-8,10-11H2,1-4H3,(H,24,27)(H,29,30)/t17?,20-/m0/s1. The van der Waals surface area contributed by atoms with Crippen LogP contribution in [0.4, 0.5) is 9.80 Å². The summed E-state index contributed by atoms with van der Waals surface area (Å²) in [7, 11) is 0. The maximum Gasteiger partial charge on any atom is 0.415 e. The van der Waals surface area contributed by atoms with Crippen molar-refractivity contribution in [1.82, 2.24) is 10.2 Å². The third-order valence-corrected chi connectivity index (χ3v) is 8.53. The molecule has 1 aromatic heterocycles. The number of fused-ring (bicyclic) bond motifs is 2. The van der Waals surface area contributed by atoms with Crippen LogP contribution < -0.4 is 10.2 Å². The van der Waals surface area contributed by atoms with Crippen molar-refractivity contribution in [3.05, 3.63) is 27.8 Å². The second kappa shape index (κ2) is 9.26. The van der Waals surface area contributed by atoms with Gasteiger partial charge in [-0.2, -0.15) is 0 Å². The van der Waals surface area contributed by atoms with E-state index in [9.17, 15) is 24.3 Å². The largest absolute Gasteiger partial charge is 0.477 e. The van der Waals surface area contributed by atoms with Crippen molar-refractivity contribution >= 4 is 52.0 Å². The number of aliphatic carboxylic acids is 1. The lowest BCUT2D eigenvalue weighted by molar-refractivity contribution is -0.150. The lowest BCUT2D eigenvalue weighted by atomic mass is 9.99. The van der Waals surface area contributed by atoms with E-state index < -0.39 is 40.9 Å². The molecule has 1 fully saturated rings. The summed E-state index contributed by atoms with van der Waals surface area (Å²) >= 11 is 2.90. The number of aryl methyl sites for hydroxylation is 2. The Morgan fingerprint density at radius 3 is 2.62 bits per heavy atom. The molecule has 0 radical (unpaired) electrons. The first-order valence-electron chi connectivity index (χ1n) is 11.3. The smallest absolute Gasteiger partial charge is 0.415 e. The van der Waals surface area contributed by atoms with Gasteiger partial charge in [0.2, 0.25) is 5.91 Å². The third kappa shape index (κ3) is 4.81. The molecule has 11 heteroatoms. The van der Waals surface area contributed by atoms with Crippen molar-refractivity contribution in [2.75, 3.05) is 17.2 Å². The number of thioether (sulfide) groups is 1. The molecular weight excluding hydrogens is 478 g/mol. The topological polar surface area (TPSA) is 116 Å². The first-order chi connectivity index (χ1) is 16.0. The Morgan fingerprint density at radius 1 is 1.26 bits per heavy atom. The Morgan fingerprint density at radius 2 is 1.97 bits per heavy atom. The number of carboxylic acid groups (broad SMARTS) is 1. The van der Waals surface area contributed by atoms with Gasteiger partial charge in [-0.05, 0) is 70.6 Å². The molecule has 9 nitrogen and oxygen atoms in total. The highest BCUT2D eigenvalue weighted by atomic mass is 32.2. The fourth-order valence-electron chi connectivity index (χ4n) is 4.30. The first kappa shape index (κ1) is 24.6. The molecule has 0 saturated carbocycles. The normalized spacial score (nSPS) is 21.9. The molecular formula is C23H29N3O6S2. The van der Waals surface area contributed by atoms with Crippen LogP contribution in [0, 0.1) is 0 Å². The number of nitrogens with one attached hydrogen (secondary N) is 1. The van der Waals surface area contributed by atoms with Gasteiger partial charge in [0.05, 0.1) is 0 Å². The molecule has 1 aliphatic carbocycles. The van der Waals surface area contributed by atoms with Gasteiger partial charge in [0.1, 0.15) is 34.3 Å². The van der Waals surface area contributed by atoms with Gasteiger partial charge in [-0.15, -0.1) is 23.1 Å². The maximum absolute atomic E-state index is 13.0. The Hall–Kier alpha value is -2.53. The Balaban J connectivity index is 1.49. The van der Waals surface area contributed by atoms with E-state index in [2.05, 4.69) is 5.32 Å². The van der Waals surface area contributed by atoms with E-state index in [1.165, 1.54) is 43.3 Å². The van der Waals surface area contributed by atoms with Gasteiger partial charge in [-0.25, -0.2) is 9.59 Å². The van der Waals surface area contributed by atoms with Gasteiger partial charge >= 0.3 is 12.1 Å². The van der Waals surface area contributed by atoms with E-state index in [1.54, 1.807) is 27.7 Å². The van der Waals surface area contributed by atoms with Gasteiger partial charge < -0.3 is 15.2 Å². The zero-order valence-corrected chi connectivity index (χ0v) is 21.3. The number of thiophene rings is 1. The first-order valence-corrected chi connectivity index (χ1v) is 13.1. The van der Waals surface area contributed by atoms with Crippen LogP contribution in [0.25, 0.3) is 0 Å². The second-order valence-electron chi connectivity index (χ2n) is 9.70. The van der Waals surface area contributed by atoms with Crippen LogP contribution in [0.15, 0.2) is 17.3 Å². The summed E-state index contributed by atoms with van der Waals surface area (Å²) in [4.78, 5) is 54.1. The molecule has 3 amide bonds. The van der Waals surface area contributed by atoms with Gasteiger partial charge in [-0.3, -0.25) is 19.4 Å². The SMILES string of the molecule is CC1=C(C(=O)O)N2C(=O)C(NC(=O)CN(C(=O)OC(C)(C)C)c3cc4c(s3)CCCC4)[C@@H]2SC1. The Bertz CT molecular complexity index is 1050. The summed E-state index contributed by atoms with van der Waals surface area (Å²) in [6.45, 7) is 6.68. The number of nitrogens with zero attached hydrogens (tertiary/aromatic N) is 2. The maximum atomic E-state index is 13.0. The Kier molecular flexibility index (Phi) is 6.69. The minimum atomic E-state index is -1.15. The number of ether oxygens (including phenoxy) is 1. The van der Waals surface area contributed by atoms with Crippen molar-refractivity contribution in [2.24, 2.45) is 0 Å².